The van der Waals surface area contributed by atoms with Crippen LogP contribution in [0.5, 0.6) is 5.75 Å². The minimum atomic E-state index is -0.0869. The maximum Gasteiger partial charge on any atom is 0.122 e. The second-order valence-electron chi connectivity index (χ2n) is 5.11. The molecule has 2 rings (SSSR count). The van der Waals surface area contributed by atoms with Crippen LogP contribution in [0.2, 0.25) is 0 Å². The Balaban J connectivity index is 2.46. The highest BCUT2D eigenvalue weighted by Gasteiger charge is 2.22. The van der Waals surface area contributed by atoms with E-state index in [4.69, 9.17) is 10.6 Å². The molecule has 0 aliphatic carbocycles. The Morgan fingerprint density at radius 3 is 2.71 bits per heavy atom. The Morgan fingerprint density at radius 1 is 1.33 bits per heavy atom. The lowest BCUT2D eigenvalue weighted by atomic mass is 9.96. The van der Waals surface area contributed by atoms with Gasteiger partial charge in [0.05, 0.1) is 23.7 Å². The van der Waals surface area contributed by atoms with E-state index in [2.05, 4.69) is 34.9 Å². The van der Waals surface area contributed by atoms with Crippen LogP contribution in [0, 0.1) is 13.8 Å². The average molecular weight is 306 g/mol. The van der Waals surface area contributed by atoms with Crippen molar-refractivity contribution in [2.24, 2.45) is 5.84 Å². The number of nitrogens with one attached hydrogen (secondary N) is 1. The molecule has 0 fully saturated rings. The third-order valence-corrected chi connectivity index (χ3v) is 4.43. The second-order valence-corrected chi connectivity index (χ2v) is 5.90. The van der Waals surface area contributed by atoms with Crippen LogP contribution < -0.4 is 16.0 Å². The number of hydrogen-bond donors (Lipinski definition) is 2. The van der Waals surface area contributed by atoms with Crippen LogP contribution in [-0.2, 0) is 6.42 Å². The predicted octanol–water partition coefficient (Wildman–Crippen LogP) is 2.67. The maximum absolute atomic E-state index is 5.82. The molecule has 1 heterocycles. The molecular formula is C15H22N4OS. The molecule has 0 amide bonds. The molecule has 0 aliphatic rings. The van der Waals surface area contributed by atoms with E-state index in [-0.39, 0.29) is 6.04 Å². The smallest absolute Gasteiger partial charge is 0.122 e. The quantitative estimate of drug-likeness (QED) is 0.634. The molecule has 0 spiro atoms. The average Bonchev–Trinajstić information content (AvgIpc) is 2.92. The number of rotatable bonds is 6. The van der Waals surface area contributed by atoms with Crippen molar-refractivity contribution >= 4 is 11.5 Å². The lowest BCUT2D eigenvalue weighted by Crippen LogP contribution is -2.29. The van der Waals surface area contributed by atoms with Gasteiger partial charge in [0, 0.05) is 0 Å². The zero-order chi connectivity index (χ0) is 15.4. The van der Waals surface area contributed by atoms with Crippen molar-refractivity contribution in [3.8, 4) is 5.75 Å². The third kappa shape index (κ3) is 3.23. The zero-order valence-corrected chi connectivity index (χ0v) is 13.8. The third-order valence-electron chi connectivity index (χ3n) is 3.60. The molecule has 1 unspecified atom stereocenters. The number of ether oxygens (including phenoxy) is 1. The van der Waals surface area contributed by atoms with Crippen molar-refractivity contribution < 1.29 is 4.74 Å². The van der Waals surface area contributed by atoms with Gasteiger partial charge >= 0.3 is 0 Å². The van der Waals surface area contributed by atoms with Gasteiger partial charge in [-0.2, -0.15) is 0 Å². The Labute approximate surface area is 129 Å². The molecule has 21 heavy (non-hydrogen) atoms. The summed E-state index contributed by atoms with van der Waals surface area (Å²) in [5.41, 5.74) is 7.31. The number of aromatic nitrogens is 2. The minimum Gasteiger partial charge on any atom is -0.496 e. The van der Waals surface area contributed by atoms with Gasteiger partial charge in [0.1, 0.15) is 5.75 Å². The minimum absolute atomic E-state index is 0.0869. The van der Waals surface area contributed by atoms with E-state index in [1.165, 1.54) is 11.5 Å². The van der Waals surface area contributed by atoms with Crippen LogP contribution in [0.4, 0.5) is 0 Å². The normalized spacial score (nSPS) is 12.4. The summed E-state index contributed by atoms with van der Waals surface area (Å²) < 4.78 is 9.47. The lowest BCUT2D eigenvalue weighted by molar-refractivity contribution is 0.411. The Morgan fingerprint density at radius 2 is 2.10 bits per heavy atom. The first-order chi connectivity index (χ1) is 10.1. The van der Waals surface area contributed by atoms with Crippen molar-refractivity contribution in [3.05, 3.63) is 39.4 Å². The summed E-state index contributed by atoms with van der Waals surface area (Å²) in [6.07, 6.45) is 1.95. The van der Waals surface area contributed by atoms with E-state index in [1.807, 2.05) is 13.0 Å². The number of nitrogens with two attached hydrogens (primary N) is 1. The number of nitrogens with zero attached hydrogens (tertiary/aromatic N) is 2. The van der Waals surface area contributed by atoms with Crippen molar-refractivity contribution in [1.29, 1.82) is 0 Å². The fourth-order valence-electron chi connectivity index (χ4n) is 2.49. The van der Waals surface area contributed by atoms with Gasteiger partial charge in [-0.3, -0.25) is 5.84 Å². The molecule has 0 saturated carbocycles. The van der Waals surface area contributed by atoms with E-state index < -0.39 is 0 Å². The molecule has 0 bridgehead atoms. The summed E-state index contributed by atoms with van der Waals surface area (Å²) in [4.78, 5) is 1.09. The molecule has 0 saturated heterocycles. The fourth-order valence-corrected chi connectivity index (χ4v) is 3.27. The van der Waals surface area contributed by atoms with E-state index in [0.29, 0.717) is 0 Å². The number of benzene rings is 1. The highest BCUT2D eigenvalue weighted by Crippen LogP contribution is 2.32. The van der Waals surface area contributed by atoms with Gasteiger partial charge in [-0.1, -0.05) is 23.9 Å². The highest BCUT2D eigenvalue weighted by molar-refractivity contribution is 7.05. The van der Waals surface area contributed by atoms with Gasteiger partial charge < -0.3 is 4.74 Å². The molecule has 5 nitrogen and oxygen atoms in total. The molecule has 1 atom stereocenters. The Hall–Kier alpha value is -1.50. The molecule has 0 aliphatic heterocycles. The van der Waals surface area contributed by atoms with E-state index >= 15 is 0 Å². The van der Waals surface area contributed by atoms with Gasteiger partial charge in [0.2, 0.25) is 0 Å². The molecule has 1 aromatic heterocycles. The summed E-state index contributed by atoms with van der Waals surface area (Å²) in [5.74, 6) is 6.71. The summed E-state index contributed by atoms with van der Waals surface area (Å²) in [5, 5.41) is 4.23. The molecule has 114 valence electrons. The predicted molar refractivity (Wildman–Crippen MR) is 85.5 cm³/mol. The number of aryl methyl sites for hydroxylation is 3. The molecular weight excluding hydrogens is 284 g/mol. The van der Waals surface area contributed by atoms with E-state index in [0.717, 1.165) is 45.9 Å². The van der Waals surface area contributed by atoms with Gasteiger partial charge in [0.25, 0.3) is 0 Å². The number of methoxy groups -OCH3 is 1. The zero-order valence-electron chi connectivity index (χ0n) is 12.9. The lowest BCUT2D eigenvalue weighted by Gasteiger charge is -2.19. The van der Waals surface area contributed by atoms with Gasteiger partial charge in [-0.05, 0) is 54.6 Å². The first-order valence-corrected chi connectivity index (χ1v) is 7.82. The van der Waals surface area contributed by atoms with E-state index in [1.54, 1.807) is 7.11 Å². The van der Waals surface area contributed by atoms with Crippen molar-refractivity contribution in [3.63, 3.8) is 0 Å². The first kappa shape index (κ1) is 15.9. The largest absolute Gasteiger partial charge is 0.496 e. The van der Waals surface area contributed by atoms with Gasteiger partial charge in [-0.25, -0.2) is 5.43 Å². The molecule has 2 aromatic rings. The van der Waals surface area contributed by atoms with Crippen LogP contribution in [-0.4, -0.2) is 16.7 Å². The Kier molecular flexibility index (Phi) is 5.27. The molecule has 0 radical (unpaired) electrons. The summed E-state index contributed by atoms with van der Waals surface area (Å²) in [7, 11) is 1.69. The summed E-state index contributed by atoms with van der Waals surface area (Å²) in [6.45, 7) is 6.24. The second kappa shape index (κ2) is 6.98. The molecule has 1 aromatic carbocycles. The monoisotopic (exact) mass is 306 g/mol. The van der Waals surface area contributed by atoms with Crippen LogP contribution in [0.25, 0.3) is 0 Å². The fraction of sp³-hybridized carbons (Fsp3) is 0.467. The SMILES string of the molecule is CCCc1nnsc1C(NN)c1cc(C)c(OC)cc1C. The number of hydrazine groups is 1. The standard InChI is InChI=1S/C15H22N4OS/c1-5-6-12-15(21-19-18-12)14(17-16)11-7-10(3)13(20-4)8-9(11)2/h7-8,14,17H,5-6,16H2,1-4H3. The van der Waals surface area contributed by atoms with Crippen molar-refractivity contribution in [2.75, 3.05) is 7.11 Å². The van der Waals surface area contributed by atoms with Crippen LogP contribution in [0.3, 0.4) is 0 Å². The molecule has 6 heteroatoms. The highest BCUT2D eigenvalue weighted by atomic mass is 32.1. The Bertz CT molecular complexity index is 612. The van der Waals surface area contributed by atoms with E-state index in [9.17, 15) is 0 Å². The van der Waals surface area contributed by atoms with Crippen LogP contribution in [0.15, 0.2) is 12.1 Å². The van der Waals surface area contributed by atoms with Gasteiger partial charge in [0.15, 0.2) is 0 Å². The van der Waals surface area contributed by atoms with Gasteiger partial charge in [-0.15, -0.1) is 5.10 Å². The summed E-state index contributed by atoms with van der Waals surface area (Å²) in [6, 6.07) is 4.08. The van der Waals surface area contributed by atoms with Crippen LogP contribution in [0.1, 0.15) is 46.6 Å². The van der Waals surface area contributed by atoms with Crippen molar-refractivity contribution in [2.45, 2.75) is 39.7 Å². The summed E-state index contributed by atoms with van der Waals surface area (Å²) >= 11 is 1.41. The maximum atomic E-state index is 5.82. The van der Waals surface area contributed by atoms with Crippen molar-refractivity contribution in [1.82, 2.24) is 15.0 Å². The molecule has 3 N–H and O–H groups in total. The topological polar surface area (TPSA) is 73.1 Å². The first-order valence-electron chi connectivity index (χ1n) is 7.04. The number of hydrogen-bond acceptors (Lipinski definition) is 6. The van der Waals surface area contributed by atoms with Crippen LogP contribution >= 0.6 is 11.5 Å².